The van der Waals surface area contributed by atoms with Crippen molar-refractivity contribution in [1.29, 1.82) is 0 Å². The first-order valence-electron chi connectivity index (χ1n) is 12.7. The molecule has 0 fully saturated rings. The smallest absolute Gasteiger partial charge is 0.319 e. The molecule has 2 aromatic rings. The Morgan fingerprint density at radius 2 is 1.92 bits per heavy atom. The first-order chi connectivity index (χ1) is 17.2. The second-order valence-corrected chi connectivity index (χ2v) is 10.1. The van der Waals surface area contributed by atoms with Crippen LogP contribution in [0.25, 0.3) is 0 Å². The second kappa shape index (κ2) is 12.7. The van der Waals surface area contributed by atoms with E-state index in [1.54, 1.807) is 17.0 Å². The summed E-state index contributed by atoms with van der Waals surface area (Å²) >= 11 is 0. The Labute approximate surface area is 214 Å². The molecule has 0 saturated carbocycles. The average molecular weight is 497 g/mol. The number of rotatable bonds is 8. The largest absolute Gasteiger partial charge is 0.488 e. The van der Waals surface area contributed by atoms with Crippen molar-refractivity contribution in [1.82, 2.24) is 15.1 Å². The first kappa shape index (κ1) is 27.5. The van der Waals surface area contributed by atoms with Crippen molar-refractivity contribution in [2.75, 3.05) is 32.1 Å². The topological polar surface area (TPSA) is 94.1 Å². The number of nitrogens with zero attached hydrogens (tertiary/aromatic N) is 2. The molecule has 1 heterocycles. The van der Waals surface area contributed by atoms with Gasteiger partial charge >= 0.3 is 6.03 Å². The van der Waals surface area contributed by atoms with Crippen LogP contribution < -0.4 is 15.4 Å². The lowest BCUT2D eigenvalue weighted by molar-refractivity contribution is -0.134. The van der Waals surface area contributed by atoms with Crippen molar-refractivity contribution in [3.8, 4) is 5.75 Å². The third-order valence-electron chi connectivity index (χ3n) is 6.38. The van der Waals surface area contributed by atoms with Crippen molar-refractivity contribution < 1.29 is 19.4 Å². The maximum absolute atomic E-state index is 13.3. The van der Waals surface area contributed by atoms with Crippen LogP contribution in [0.1, 0.15) is 38.8 Å². The lowest BCUT2D eigenvalue weighted by Crippen LogP contribution is -2.47. The van der Waals surface area contributed by atoms with Crippen LogP contribution >= 0.6 is 0 Å². The fourth-order valence-corrected chi connectivity index (χ4v) is 4.42. The summed E-state index contributed by atoms with van der Waals surface area (Å²) in [6.45, 7) is 9.55. The first-order valence-corrected chi connectivity index (χ1v) is 12.7. The molecule has 0 unspecified atom stereocenters. The normalized spacial score (nSPS) is 19.1. The summed E-state index contributed by atoms with van der Waals surface area (Å²) in [7, 11) is 2.07. The number of anilines is 1. The molecular weight excluding hydrogens is 456 g/mol. The van der Waals surface area contributed by atoms with Gasteiger partial charge in [-0.2, -0.15) is 0 Å². The van der Waals surface area contributed by atoms with Gasteiger partial charge in [0.15, 0.2) is 0 Å². The van der Waals surface area contributed by atoms with Crippen LogP contribution in [0.2, 0.25) is 0 Å². The van der Waals surface area contributed by atoms with Gasteiger partial charge < -0.3 is 25.4 Å². The number of carbonyl (C=O) groups is 2. The van der Waals surface area contributed by atoms with E-state index in [0.717, 1.165) is 6.54 Å². The zero-order chi connectivity index (χ0) is 26.2. The third kappa shape index (κ3) is 7.70. The molecule has 0 spiro atoms. The lowest BCUT2D eigenvalue weighted by atomic mass is 10.0. The summed E-state index contributed by atoms with van der Waals surface area (Å²) < 4.78 is 6.56. The fourth-order valence-electron chi connectivity index (χ4n) is 4.42. The molecule has 8 nitrogen and oxygen atoms in total. The zero-order valence-electron chi connectivity index (χ0n) is 22.0. The SMILES string of the molecule is CC(C)NC(=O)Nc1ccc2c(c1)CC(=O)N([C@@H](C)CO)C[C@@H](C)[C@@H](CN(C)Cc1ccccc1)O2. The molecule has 0 bridgehead atoms. The third-order valence-corrected chi connectivity index (χ3v) is 6.38. The Morgan fingerprint density at radius 1 is 1.19 bits per heavy atom. The molecule has 36 heavy (non-hydrogen) atoms. The summed E-state index contributed by atoms with van der Waals surface area (Å²) in [6, 6.07) is 15.1. The van der Waals surface area contributed by atoms with E-state index in [-0.39, 0.29) is 49.1 Å². The van der Waals surface area contributed by atoms with Crippen molar-refractivity contribution >= 4 is 17.6 Å². The van der Waals surface area contributed by atoms with Gasteiger partial charge in [-0.15, -0.1) is 0 Å². The highest BCUT2D eigenvalue weighted by molar-refractivity contribution is 5.90. The van der Waals surface area contributed by atoms with E-state index >= 15 is 0 Å². The highest BCUT2D eigenvalue weighted by atomic mass is 16.5. The molecule has 3 amide bonds. The van der Waals surface area contributed by atoms with Gasteiger partial charge in [0.25, 0.3) is 0 Å². The number of hydrogen-bond donors (Lipinski definition) is 3. The second-order valence-electron chi connectivity index (χ2n) is 10.1. The number of hydrogen-bond acceptors (Lipinski definition) is 5. The van der Waals surface area contributed by atoms with Crippen LogP contribution in [0.15, 0.2) is 48.5 Å². The molecule has 0 aliphatic carbocycles. The van der Waals surface area contributed by atoms with Crippen molar-refractivity contribution in [3.63, 3.8) is 0 Å². The minimum atomic E-state index is -0.303. The molecule has 2 aromatic carbocycles. The van der Waals surface area contributed by atoms with Crippen LogP contribution in [0.4, 0.5) is 10.5 Å². The Morgan fingerprint density at radius 3 is 2.58 bits per heavy atom. The van der Waals surface area contributed by atoms with Crippen LogP contribution in [0.5, 0.6) is 5.75 Å². The molecule has 196 valence electrons. The molecule has 3 N–H and O–H groups in total. The van der Waals surface area contributed by atoms with E-state index in [1.165, 1.54) is 5.56 Å². The van der Waals surface area contributed by atoms with Crippen molar-refractivity contribution in [3.05, 3.63) is 59.7 Å². The Hall–Kier alpha value is -3.10. The standard InChI is InChI=1S/C28H40N4O4/c1-19(2)29-28(35)30-24-11-12-25-23(13-24)14-27(34)32(21(4)18-33)15-20(3)26(36-25)17-31(5)16-22-9-7-6-8-10-22/h6-13,19-21,26,33H,14-18H2,1-5H3,(H2,29,30,35)/t20-,21+,26-/m1/s1. The monoisotopic (exact) mass is 496 g/mol. The lowest BCUT2D eigenvalue weighted by Gasteiger charge is -2.34. The highest BCUT2D eigenvalue weighted by Crippen LogP contribution is 2.29. The number of aliphatic hydroxyl groups excluding tert-OH is 1. The summed E-state index contributed by atoms with van der Waals surface area (Å²) in [4.78, 5) is 29.5. The fraction of sp³-hybridized carbons (Fsp3) is 0.500. The minimum Gasteiger partial charge on any atom is -0.488 e. The number of amides is 3. The maximum atomic E-state index is 13.3. The molecular formula is C28H40N4O4. The predicted molar refractivity (Wildman–Crippen MR) is 142 cm³/mol. The Kier molecular flexibility index (Phi) is 9.73. The molecule has 0 aromatic heterocycles. The summed E-state index contributed by atoms with van der Waals surface area (Å²) in [5.41, 5.74) is 2.52. The number of aliphatic hydroxyl groups is 1. The average Bonchev–Trinajstić information content (AvgIpc) is 2.86. The molecule has 0 radical (unpaired) electrons. The van der Waals surface area contributed by atoms with Crippen LogP contribution in [0, 0.1) is 5.92 Å². The van der Waals surface area contributed by atoms with E-state index in [4.69, 9.17) is 4.74 Å². The molecule has 3 atom stereocenters. The number of likely N-dealkylation sites (N-methyl/N-ethyl adjacent to an activating group) is 1. The van der Waals surface area contributed by atoms with Gasteiger partial charge in [0.1, 0.15) is 11.9 Å². The van der Waals surface area contributed by atoms with Crippen molar-refractivity contribution in [2.45, 2.75) is 58.8 Å². The van der Waals surface area contributed by atoms with Gasteiger partial charge in [0.2, 0.25) is 5.91 Å². The Balaban J connectivity index is 1.87. The van der Waals surface area contributed by atoms with E-state index in [0.29, 0.717) is 30.1 Å². The molecule has 8 heteroatoms. The van der Waals surface area contributed by atoms with Crippen molar-refractivity contribution in [2.24, 2.45) is 5.92 Å². The van der Waals surface area contributed by atoms with E-state index in [1.807, 2.05) is 45.0 Å². The summed E-state index contributed by atoms with van der Waals surface area (Å²) in [5.74, 6) is 0.596. The molecule has 0 saturated heterocycles. The Bertz CT molecular complexity index is 1010. The number of carbonyl (C=O) groups excluding carboxylic acids is 2. The van der Waals surface area contributed by atoms with Gasteiger partial charge in [0, 0.05) is 42.8 Å². The van der Waals surface area contributed by atoms with Gasteiger partial charge in [0.05, 0.1) is 19.1 Å². The number of fused-ring (bicyclic) bond motifs is 1. The van der Waals surface area contributed by atoms with Gasteiger partial charge in [-0.1, -0.05) is 37.3 Å². The highest BCUT2D eigenvalue weighted by Gasteiger charge is 2.31. The number of nitrogens with one attached hydrogen (secondary N) is 2. The number of urea groups is 1. The molecule has 1 aliphatic rings. The minimum absolute atomic E-state index is 0.00594. The van der Waals surface area contributed by atoms with E-state index < -0.39 is 0 Å². The van der Waals surface area contributed by atoms with Crippen LogP contribution in [0.3, 0.4) is 0 Å². The van der Waals surface area contributed by atoms with Crippen LogP contribution in [-0.4, -0.2) is 71.8 Å². The van der Waals surface area contributed by atoms with E-state index in [9.17, 15) is 14.7 Å². The van der Waals surface area contributed by atoms with Gasteiger partial charge in [-0.05, 0) is 51.6 Å². The maximum Gasteiger partial charge on any atom is 0.319 e. The zero-order valence-corrected chi connectivity index (χ0v) is 22.0. The quantitative estimate of drug-likeness (QED) is 0.520. The van der Waals surface area contributed by atoms with Gasteiger partial charge in [-0.25, -0.2) is 4.79 Å². The molecule has 3 rings (SSSR count). The van der Waals surface area contributed by atoms with Gasteiger partial charge in [-0.3, -0.25) is 9.69 Å². The summed E-state index contributed by atoms with van der Waals surface area (Å²) in [6.07, 6.45) is -0.0555. The number of benzene rings is 2. The summed E-state index contributed by atoms with van der Waals surface area (Å²) in [5, 5.41) is 15.5. The van der Waals surface area contributed by atoms with Crippen LogP contribution in [-0.2, 0) is 17.8 Å². The molecule has 1 aliphatic heterocycles. The van der Waals surface area contributed by atoms with E-state index in [2.05, 4.69) is 41.6 Å². The number of ether oxygens (including phenoxy) is 1. The predicted octanol–water partition coefficient (Wildman–Crippen LogP) is 3.50.